The lowest BCUT2D eigenvalue weighted by atomic mass is 10.1. The summed E-state index contributed by atoms with van der Waals surface area (Å²) in [6.07, 6.45) is 5.14. The van der Waals surface area contributed by atoms with E-state index in [2.05, 4.69) is 4.98 Å². The van der Waals surface area contributed by atoms with Gasteiger partial charge >= 0.3 is 0 Å². The maximum atomic E-state index is 9.88. The quantitative estimate of drug-likeness (QED) is 0.904. The fourth-order valence-corrected chi connectivity index (χ4v) is 2.53. The number of fused-ring (bicyclic) bond motifs is 1. The largest absolute Gasteiger partial charge is 0.373 e. The van der Waals surface area contributed by atoms with Crippen molar-refractivity contribution in [3.8, 4) is 0 Å². The van der Waals surface area contributed by atoms with Crippen LogP contribution in [0.4, 0.5) is 0 Å². The van der Waals surface area contributed by atoms with Crippen LogP contribution in [0.3, 0.4) is 0 Å². The number of aromatic nitrogens is 2. The molecule has 0 spiro atoms. The maximum Gasteiger partial charge on any atom is 0.131 e. The molecule has 2 aromatic rings. The molecule has 0 fully saturated rings. The van der Waals surface area contributed by atoms with E-state index >= 15 is 0 Å². The highest BCUT2D eigenvalue weighted by Gasteiger charge is 2.19. The maximum absolute atomic E-state index is 9.88. The zero-order valence-electron chi connectivity index (χ0n) is 10.0. The van der Waals surface area contributed by atoms with Crippen molar-refractivity contribution in [1.82, 2.24) is 9.55 Å². The van der Waals surface area contributed by atoms with Crippen molar-refractivity contribution < 1.29 is 5.11 Å². The molecule has 4 heteroatoms. The fourth-order valence-electron chi connectivity index (χ4n) is 2.41. The second-order valence-electron chi connectivity index (χ2n) is 4.73. The van der Waals surface area contributed by atoms with E-state index in [-0.39, 0.29) is 0 Å². The Labute approximate surface area is 111 Å². The van der Waals surface area contributed by atoms with Gasteiger partial charge in [0, 0.05) is 24.1 Å². The van der Waals surface area contributed by atoms with Crippen molar-refractivity contribution in [1.29, 1.82) is 0 Å². The number of aliphatic hydroxyl groups is 1. The van der Waals surface area contributed by atoms with Gasteiger partial charge in [0.15, 0.2) is 0 Å². The molecule has 0 saturated carbocycles. The number of aryl methyl sites for hydroxylation is 1. The van der Waals surface area contributed by atoms with Gasteiger partial charge < -0.3 is 9.67 Å². The van der Waals surface area contributed by atoms with Crippen molar-refractivity contribution in [2.45, 2.75) is 31.9 Å². The van der Waals surface area contributed by atoms with Crippen LogP contribution >= 0.6 is 11.6 Å². The van der Waals surface area contributed by atoms with E-state index in [0.29, 0.717) is 0 Å². The average Bonchev–Trinajstić information content (AvgIpc) is 2.76. The number of benzene rings is 1. The van der Waals surface area contributed by atoms with E-state index in [1.54, 1.807) is 0 Å². The summed E-state index contributed by atoms with van der Waals surface area (Å²) in [5, 5.41) is 10.6. The van der Waals surface area contributed by atoms with Crippen molar-refractivity contribution in [3.63, 3.8) is 0 Å². The van der Waals surface area contributed by atoms with E-state index in [9.17, 15) is 5.11 Å². The lowest BCUT2D eigenvalue weighted by Crippen LogP contribution is -2.16. The van der Waals surface area contributed by atoms with Gasteiger partial charge in [-0.3, -0.25) is 0 Å². The second kappa shape index (κ2) is 4.75. The standard InChI is InChI=1S/C14H15ClN2O/c15-11-6-4-10(5-7-11)8-12-9-17-13(16-12)2-1-3-14(17)18/h4-7,9,14,18H,1-3,8H2. The molecule has 0 amide bonds. The molecule has 2 heterocycles. The Kier molecular flexibility index (Phi) is 3.10. The Bertz CT molecular complexity index is 547. The molecule has 18 heavy (non-hydrogen) atoms. The Morgan fingerprint density at radius 1 is 1.33 bits per heavy atom. The van der Waals surface area contributed by atoms with Crippen LogP contribution in [0.15, 0.2) is 30.5 Å². The average molecular weight is 263 g/mol. The Morgan fingerprint density at radius 2 is 2.11 bits per heavy atom. The molecule has 94 valence electrons. The van der Waals surface area contributed by atoms with Crippen molar-refractivity contribution in [2.24, 2.45) is 0 Å². The lowest BCUT2D eigenvalue weighted by molar-refractivity contribution is 0.0780. The molecule has 1 aliphatic heterocycles. The predicted octanol–water partition coefficient (Wildman–Crippen LogP) is 2.95. The molecular weight excluding hydrogens is 248 g/mol. The number of hydrogen-bond acceptors (Lipinski definition) is 2. The minimum absolute atomic E-state index is 0.403. The molecule has 3 nitrogen and oxygen atoms in total. The van der Waals surface area contributed by atoms with Crippen LogP contribution in [0.5, 0.6) is 0 Å². The van der Waals surface area contributed by atoms with Gasteiger partial charge in [-0.15, -0.1) is 0 Å². The number of nitrogens with zero attached hydrogens (tertiary/aromatic N) is 2. The number of aliphatic hydroxyl groups excluding tert-OH is 1. The van der Waals surface area contributed by atoms with Crippen LogP contribution in [0.25, 0.3) is 0 Å². The van der Waals surface area contributed by atoms with Crippen LogP contribution in [0.1, 0.15) is 36.2 Å². The Morgan fingerprint density at radius 3 is 2.83 bits per heavy atom. The minimum Gasteiger partial charge on any atom is -0.373 e. The van der Waals surface area contributed by atoms with Gasteiger partial charge in [0.1, 0.15) is 12.1 Å². The topological polar surface area (TPSA) is 38.1 Å². The highest BCUT2D eigenvalue weighted by molar-refractivity contribution is 6.30. The third-order valence-corrected chi connectivity index (χ3v) is 3.59. The van der Waals surface area contributed by atoms with E-state index in [1.807, 2.05) is 35.0 Å². The fraction of sp³-hybridized carbons (Fsp3) is 0.357. The predicted molar refractivity (Wildman–Crippen MR) is 70.7 cm³/mol. The first kappa shape index (κ1) is 11.8. The molecule has 1 aromatic carbocycles. The summed E-state index contributed by atoms with van der Waals surface area (Å²) < 4.78 is 1.90. The Balaban J connectivity index is 1.83. The smallest absolute Gasteiger partial charge is 0.131 e. The first-order chi connectivity index (χ1) is 8.72. The molecule has 1 aliphatic rings. The van der Waals surface area contributed by atoms with E-state index in [4.69, 9.17) is 11.6 Å². The molecule has 0 saturated heterocycles. The zero-order chi connectivity index (χ0) is 12.5. The lowest BCUT2D eigenvalue weighted by Gasteiger charge is -2.19. The molecule has 1 N–H and O–H groups in total. The molecule has 1 aromatic heterocycles. The summed E-state index contributed by atoms with van der Waals surface area (Å²) in [5.41, 5.74) is 2.19. The second-order valence-corrected chi connectivity index (χ2v) is 5.17. The van der Waals surface area contributed by atoms with Gasteiger partial charge in [0.25, 0.3) is 0 Å². The summed E-state index contributed by atoms with van der Waals surface area (Å²) in [6, 6.07) is 7.80. The molecule has 0 radical (unpaired) electrons. The van der Waals surface area contributed by atoms with Gasteiger partial charge in [0.05, 0.1) is 5.69 Å². The van der Waals surface area contributed by atoms with E-state index < -0.39 is 6.23 Å². The summed E-state index contributed by atoms with van der Waals surface area (Å²) in [6.45, 7) is 0. The van der Waals surface area contributed by atoms with Gasteiger partial charge in [-0.25, -0.2) is 4.98 Å². The normalized spacial score (nSPS) is 18.7. The van der Waals surface area contributed by atoms with Gasteiger partial charge in [-0.05, 0) is 30.5 Å². The van der Waals surface area contributed by atoms with Crippen LogP contribution in [-0.2, 0) is 12.8 Å². The van der Waals surface area contributed by atoms with Crippen LogP contribution in [0.2, 0.25) is 5.02 Å². The number of halogens is 1. The van der Waals surface area contributed by atoms with Crippen LogP contribution in [0, 0.1) is 0 Å². The molecule has 1 atom stereocenters. The highest BCUT2D eigenvalue weighted by atomic mass is 35.5. The highest BCUT2D eigenvalue weighted by Crippen LogP contribution is 2.23. The monoisotopic (exact) mass is 262 g/mol. The first-order valence-electron chi connectivity index (χ1n) is 6.21. The number of imidazole rings is 1. The summed E-state index contributed by atoms with van der Waals surface area (Å²) in [5.74, 6) is 0.998. The number of rotatable bonds is 2. The van der Waals surface area contributed by atoms with Crippen molar-refractivity contribution in [2.75, 3.05) is 0 Å². The molecule has 0 bridgehead atoms. The molecule has 0 aliphatic carbocycles. The minimum atomic E-state index is -0.403. The van der Waals surface area contributed by atoms with Crippen molar-refractivity contribution in [3.05, 3.63) is 52.6 Å². The van der Waals surface area contributed by atoms with Gasteiger partial charge in [-0.2, -0.15) is 0 Å². The van der Waals surface area contributed by atoms with Crippen LogP contribution in [-0.4, -0.2) is 14.7 Å². The van der Waals surface area contributed by atoms with Crippen LogP contribution < -0.4 is 0 Å². The Hall–Kier alpha value is -1.32. The van der Waals surface area contributed by atoms with E-state index in [1.165, 1.54) is 5.56 Å². The third kappa shape index (κ3) is 2.28. The first-order valence-corrected chi connectivity index (χ1v) is 6.59. The summed E-state index contributed by atoms with van der Waals surface area (Å²) >= 11 is 5.86. The molecule has 3 rings (SSSR count). The van der Waals surface area contributed by atoms with E-state index in [0.717, 1.165) is 42.2 Å². The van der Waals surface area contributed by atoms with Crippen molar-refractivity contribution >= 4 is 11.6 Å². The summed E-state index contributed by atoms with van der Waals surface area (Å²) in [4.78, 5) is 4.59. The number of hydrogen-bond donors (Lipinski definition) is 1. The molecule has 1 unspecified atom stereocenters. The third-order valence-electron chi connectivity index (χ3n) is 3.34. The SMILES string of the molecule is OC1CCCc2nc(Cc3ccc(Cl)cc3)cn21. The molecular formula is C14H15ClN2O. The van der Waals surface area contributed by atoms with Gasteiger partial charge in [-0.1, -0.05) is 23.7 Å². The summed E-state index contributed by atoms with van der Waals surface area (Å²) in [7, 11) is 0. The zero-order valence-corrected chi connectivity index (χ0v) is 10.8. The van der Waals surface area contributed by atoms with Gasteiger partial charge in [0.2, 0.25) is 0 Å².